The van der Waals surface area contributed by atoms with Gasteiger partial charge in [-0.1, -0.05) is 62.9 Å². The van der Waals surface area contributed by atoms with Gasteiger partial charge >= 0.3 is 5.97 Å². The zero-order chi connectivity index (χ0) is 32.3. The number of aromatic nitrogens is 6. The van der Waals surface area contributed by atoms with E-state index in [1.165, 1.54) is 4.90 Å². The minimum absolute atomic E-state index is 0.175. The summed E-state index contributed by atoms with van der Waals surface area (Å²) in [5.41, 5.74) is 4.95. The van der Waals surface area contributed by atoms with Crippen LogP contribution >= 0.6 is 0 Å². The fourth-order valence-corrected chi connectivity index (χ4v) is 6.56. The van der Waals surface area contributed by atoms with Crippen molar-refractivity contribution in [1.82, 2.24) is 35.1 Å². The molecule has 3 aromatic heterocycles. The number of ether oxygens (including phenoxy) is 1. The van der Waals surface area contributed by atoms with Gasteiger partial charge in [0.05, 0.1) is 30.2 Å². The van der Waals surface area contributed by atoms with E-state index >= 15 is 0 Å². The van der Waals surface area contributed by atoms with Crippen LogP contribution < -0.4 is 4.74 Å². The third kappa shape index (κ3) is 6.06. The van der Waals surface area contributed by atoms with Crippen molar-refractivity contribution in [3.63, 3.8) is 0 Å². The predicted octanol–water partition coefficient (Wildman–Crippen LogP) is 6.27. The van der Waals surface area contributed by atoms with Crippen molar-refractivity contribution in [3.8, 4) is 28.3 Å². The van der Waals surface area contributed by atoms with Crippen LogP contribution in [0.4, 0.5) is 0 Å². The smallest absolute Gasteiger partial charge is 0.326 e. The molecule has 240 valence electrons. The number of amides is 1. The summed E-state index contributed by atoms with van der Waals surface area (Å²) >= 11 is 0. The Hall–Kier alpha value is -5.52. The van der Waals surface area contributed by atoms with Crippen molar-refractivity contribution in [2.45, 2.75) is 63.6 Å². The summed E-state index contributed by atoms with van der Waals surface area (Å²) in [4.78, 5) is 33.0. The third-order valence-electron chi connectivity index (χ3n) is 8.91. The molecule has 2 N–H and O–H groups in total. The number of carbonyl (C=O) groups excluding carboxylic acids is 1. The number of carboxylic acid groups (broad SMARTS) is 1. The van der Waals surface area contributed by atoms with E-state index in [1.54, 1.807) is 18.7 Å². The van der Waals surface area contributed by atoms with Gasteiger partial charge in [0.2, 0.25) is 11.7 Å². The molecule has 7 rings (SSSR count). The molecular weight excluding hydrogens is 598 g/mol. The number of imidazole rings is 1. The highest BCUT2D eigenvalue weighted by Gasteiger charge is 2.43. The van der Waals surface area contributed by atoms with Crippen molar-refractivity contribution in [3.05, 3.63) is 79.3 Å². The topological polar surface area (TPSA) is 152 Å². The second-order valence-electron chi connectivity index (χ2n) is 11.9. The number of H-pyrrole nitrogens is 1. The van der Waals surface area contributed by atoms with Gasteiger partial charge in [0, 0.05) is 17.4 Å². The first-order valence-electron chi connectivity index (χ1n) is 16.0. The van der Waals surface area contributed by atoms with Crippen LogP contribution in [0.2, 0.25) is 0 Å². The zero-order valence-electron chi connectivity index (χ0n) is 26.0. The molecule has 0 radical (unpaired) electrons. The van der Waals surface area contributed by atoms with Gasteiger partial charge in [-0.15, -0.1) is 10.2 Å². The molecule has 12 nitrogen and oxygen atoms in total. The van der Waals surface area contributed by atoms with Crippen LogP contribution in [0.1, 0.15) is 51.5 Å². The number of rotatable bonds is 12. The monoisotopic (exact) mass is 633 g/mol. The summed E-state index contributed by atoms with van der Waals surface area (Å²) in [6.45, 7) is 2.32. The summed E-state index contributed by atoms with van der Waals surface area (Å²) in [7, 11) is 0. The molecular formula is C35H35N7O5. The summed E-state index contributed by atoms with van der Waals surface area (Å²) in [6.07, 6.45) is 7.55. The van der Waals surface area contributed by atoms with Crippen molar-refractivity contribution in [2.75, 3.05) is 6.54 Å². The standard InChI is InChI=1S/C35H35N7O5/c1-2-3-4-5-10-30(34(43)41-20-25(19-31(41)35(44)45)47-24-12-14-32-23(17-24)15-16-46-32)42-21-36-28-18-22(11-13-29(28)42)26-8-6-7-9-27(26)33-37-39-40-38-33/h6-9,11-18,21,25,30-31H,2-5,10,19-20H2,1H3,(H,44,45)(H,37,38,39,40)/t25-,30?,31-/m0/s1. The number of unbranched alkanes of at least 4 members (excludes halogenated alkanes) is 3. The summed E-state index contributed by atoms with van der Waals surface area (Å²) in [5.74, 6) is -0.182. The Bertz CT molecular complexity index is 2020. The van der Waals surface area contributed by atoms with Crippen LogP contribution in [-0.2, 0) is 9.59 Å². The van der Waals surface area contributed by atoms with E-state index in [9.17, 15) is 14.7 Å². The fourth-order valence-electron chi connectivity index (χ4n) is 6.56. The summed E-state index contributed by atoms with van der Waals surface area (Å²) < 4.78 is 13.6. The van der Waals surface area contributed by atoms with Gasteiger partial charge < -0.3 is 23.7 Å². The molecule has 3 atom stereocenters. The Balaban J connectivity index is 1.18. The number of likely N-dealkylation sites (tertiary alicyclic amines) is 1. The molecule has 1 aliphatic heterocycles. The van der Waals surface area contributed by atoms with Gasteiger partial charge in [0.15, 0.2) is 0 Å². The highest BCUT2D eigenvalue weighted by atomic mass is 16.5. The van der Waals surface area contributed by atoms with E-state index in [4.69, 9.17) is 14.1 Å². The maximum Gasteiger partial charge on any atom is 0.326 e. The van der Waals surface area contributed by atoms with E-state index < -0.39 is 24.2 Å². The average molecular weight is 634 g/mol. The molecule has 0 saturated carbocycles. The molecule has 3 aromatic carbocycles. The molecule has 0 spiro atoms. The van der Waals surface area contributed by atoms with Crippen LogP contribution in [0.25, 0.3) is 44.5 Å². The number of nitrogens with one attached hydrogen (secondary N) is 1. The number of carboxylic acids is 1. The first-order chi connectivity index (χ1) is 23.0. The molecule has 6 aromatic rings. The Morgan fingerprint density at radius 1 is 1.06 bits per heavy atom. The van der Waals surface area contributed by atoms with E-state index in [2.05, 4.69) is 27.5 Å². The van der Waals surface area contributed by atoms with Crippen LogP contribution in [-0.4, -0.2) is 70.7 Å². The molecule has 0 aliphatic carbocycles. The van der Waals surface area contributed by atoms with Gasteiger partial charge in [0.25, 0.3) is 0 Å². The molecule has 0 bridgehead atoms. The van der Waals surface area contributed by atoms with Gasteiger partial charge in [-0.25, -0.2) is 9.78 Å². The Labute approximate surface area is 270 Å². The highest BCUT2D eigenvalue weighted by molar-refractivity contribution is 5.90. The van der Waals surface area contributed by atoms with Crippen molar-refractivity contribution < 1.29 is 23.8 Å². The van der Waals surface area contributed by atoms with E-state index in [-0.39, 0.29) is 18.9 Å². The number of aromatic amines is 1. The SMILES string of the molecule is CCCCCCC(C(=O)N1C[C@@H](Oc2ccc3occc3c2)C[C@H]1C(=O)O)n1cnc2cc(-c3ccccc3-c3nn[nH]n3)ccc21. The van der Waals surface area contributed by atoms with Crippen LogP contribution in [0.5, 0.6) is 5.75 Å². The van der Waals surface area contributed by atoms with Crippen LogP contribution in [0.15, 0.2) is 83.7 Å². The van der Waals surface area contributed by atoms with Gasteiger partial charge in [-0.05, 0) is 59.2 Å². The van der Waals surface area contributed by atoms with E-state index in [1.807, 2.05) is 65.2 Å². The third-order valence-corrected chi connectivity index (χ3v) is 8.91. The van der Waals surface area contributed by atoms with Crippen LogP contribution in [0, 0.1) is 0 Å². The Kier molecular flexibility index (Phi) is 8.38. The highest BCUT2D eigenvalue weighted by Crippen LogP contribution is 2.34. The number of furan rings is 1. The minimum Gasteiger partial charge on any atom is -0.488 e. The maximum atomic E-state index is 14.4. The van der Waals surface area contributed by atoms with E-state index in [0.717, 1.165) is 64.4 Å². The van der Waals surface area contributed by atoms with Gasteiger partial charge in [-0.3, -0.25) is 4.79 Å². The lowest BCUT2D eigenvalue weighted by atomic mass is 9.98. The summed E-state index contributed by atoms with van der Waals surface area (Å²) in [5, 5.41) is 25.6. The average Bonchev–Trinajstić information content (AvgIpc) is 3.91. The molecule has 4 heterocycles. The fraction of sp³-hybridized carbons (Fsp3) is 0.314. The first-order valence-corrected chi connectivity index (χ1v) is 16.0. The van der Waals surface area contributed by atoms with Gasteiger partial charge in [-0.2, -0.15) is 5.21 Å². The Morgan fingerprint density at radius 2 is 1.94 bits per heavy atom. The van der Waals surface area contributed by atoms with Crippen molar-refractivity contribution in [1.29, 1.82) is 0 Å². The number of tetrazole rings is 1. The Morgan fingerprint density at radius 3 is 2.74 bits per heavy atom. The summed E-state index contributed by atoms with van der Waals surface area (Å²) in [6, 6.07) is 19.5. The predicted molar refractivity (Wildman–Crippen MR) is 175 cm³/mol. The maximum absolute atomic E-state index is 14.4. The largest absolute Gasteiger partial charge is 0.488 e. The molecule has 47 heavy (non-hydrogen) atoms. The van der Waals surface area contributed by atoms with E-state index in [0.29, 0.717) is 18.0 Å². The number of nitrogens with zero attached hydrogens (tertiary/aromatic N) is 6. The zero-order valence-corrected chi connectivity index (χ0v) is 26.0. The second kappa shape index (κ2) is 13.1. The van der Waals surface area contributed by atoms with Crippen molar-refractivity contribution >= 4 is 33.9 Å². The number of benzene rings is 3. The lowest BCUT2D eigenvalue weighted by Crippen LogP contribution is -2.44. The lowest BCUT2D eigenvalue weighted by Gasteiger charge is -2.28. The number of hydrogen-bond acceptors (Lipinski definition) is 8. The number of carbonyl (C=O) groups is 2. The molecule has 1 amide bonds. The van der Waals surface area contributed by atoms with Crippen molar-refractivity contribution in [2.24, 2.45) is 0 Å². The number of aliphatic carboxylic acids is 1. The molecule has 1 fully saturated rings. The lowest BCUT2D eigenvalue weighted by molar-refractivity contribution is -0.149. The molecule has 1 unspecified atom stereocenters. The molecule has 12 heteroatoms. The number of hydrogen-bond donors (Lipinski definition) is 2. The molecule has 1 saturated heterocycles. The molecule has 1 aliphatic rings. The van der Waals surface area contributed by atoms with Crippen LogP contribution in [0.3, 0.4) is 0 Å². The normalized spacial score (nSPS) is 17.0. The first kappa shape index (κ1) is 30.2. The quantitative estimate of drug-likeness (QED) is 0.148. The number of fused-ring (bicyclic) bond motifs is 2. The second-order valence-corrected chi connectivity index (χ2v) is 11.9. The minimum atomic E-state index is -1.04. The van der Waals surface area contributed by atoms with Gasteiger partial charge in [0.1, 0.15) is 29.5 Å².